The van der Waals surface area contributed by atoms with Gasteiger partial charge in [0, 0.05) is 32.7 Å². The summed E-state index contributed by atoms with van der Waals surface area (Å²) >= 11 is 0. The summed E-state index contributed by atoms with van der Waals surface area (Å²) in [5.74, 6) is 0.861. The van der Waals surface area contributed by atoms with Crippen molar-refractivity contribution in [2.24, 2.45) is 0 Å². The first-order valence-electron chi connectivity index (χ1n) is 3.07. The number of rotatable bonds is 0. The average molecular weight is 224 g/mol. The van der Waals surface area contributed by atoms with Crippen LogP contribution in [-0.2, 0) is 32.7 Å². The summed E-state index contributed by atoms with van der Waals surface area (Å²) in [6.45, 7) is 3.80. The summed E-state index contributed by atoms with van der Waals surface area (Å²) in [6.07, 6.45) is 0. The molecule has 0 bridgehead atoms. The molecule has 0 aliphatic rings. The molecule has 0 saturated heterocycles. The molecule has 55 valence electrons. The minimum Gasteiger partial charge on any atom is -0.401 e. The van der Waals surface area contributed by atoms with Crippen molar-refractivity contribution >= 4 is 5.65 Å². The van der Waals surface area contributed by atoms with Gasteiger partial charge in [0.05, 0.1) is 0 Å². The van der Waals surface area contributed by atoms with Gasteiger partial charge in [0.25, 0.3) is 0 Å². The predicted molar refractivity (Wildman–Crippen MR) is 35.6 cm³/mol. The molecule has 11 heavy (non-hydrogen) atoms. The number of aryl methyl sites for hydroxylation is 2. The van der Waals surface area contributed by atoms with E-state index in [1.807, 2.05) is 13.8 Å². The Morgan fingerprint density at radius 2 is 2.18 bits per heavy atom. The van der Waals surface area contributed by atoms with Gasteiger partial charge in [-0.15, -0.1) is 5.69 Å². The molecular formula is C6H7N4Y-. The van der Waals surface area contributed by atoms with Crippen molar-refractivity contribution in [2.75, 3.05) is 0 Å². The van der Waals surface area contributed by atoms with E-state index in [9.17, 15) is 0 Å². The van der Waals surface area contributed by atoms with Crippen LogP contribution in [-0.4, -0.2) is 19.8 Å². The zero-order valence-electron chi connectivity index (χ0n) is 6.42. The summed E-state index contributed by atoms with van der Waals surface area (Å²) in [5, 5.41) is 10.9. The van der Waals surface area contributed by atoms with Crippen molar-refractivity contribution in [1.82, 2.24) is 19.8 Å². The second-order valence-corrected chi connectivity index (χ2v) is 2.24. The molecule has 0 saturated carbocycles. The summed E-state index contributed by atoms with van der Waals surface area (Å²) < 4.78 is 1.73. The maximum atomic E-state index is 4.14. The molecule has 0 aliphatic carbocycles. The van der Waals surface area contributed by atoms with Crippen LogP contribution in [0.1, 0.15) is 11.5 Å². The molecule has 2 aromatic heterocycles. The molecule has 5 heteroatoms. The molecule has 0 aliphatic heterocycles. The van der Waals surface area contributed by atoms with Crippen LogP contribution < -0.4 is 0 Å². The Morgan fingerprint density at radius 3 is 2.82 bits per heavy atom. The van der Waals surface area contributed by atoms with Crippen LogP contribution in [0.25, 0.3) is 5.65 Å². The van der Waals surface area contributed by atoms with Crippen LogP contribution in [0.4, 0.5) is 0 Å². The second kappa shape index (κ2) is 3.03. The Balaban J connectivity index is 0.000000605. The van der Waals surface area contributed by atoms with E-state index in [-0.39, 0.29) is 32.7 Å². The van der Waals surface area contributed by atoms with Gasteiger partial charge in [-0.25, -0.2) is 9.61 Å². The van der Waals surface area contributed by atoms with Crippen LogP contribution in [0, 0.1) is 19.9 Å². The van der Waals surface area contributed by atoms with E-state index in [1.165, 1.54) is 0 Å². The first-order valence-corrected chi connectivity index (χ1v) is 3.07. The molecule has 1 radical (unpaired) electrons. The Hall–Kier alpha value is -0.216. The van der Waals surface area contributed by atoms with Crippen molar-refractivity contribution in [1.29, 1.82) is 0 Å². The number of hydrogen-bond acceptors (Lipinski definition) is 2. The second-order valence-electron chi connectivity index (χ2n) is 2.24. The van der Waals surface area contributed by atoms with Gasteiger partial charge < -0.3 is 6.07 Å². The fourth-order valence-corrected chi connectivity index (χ4v) is 0.940. The number of hydrogen-bond donors (Lipinski definition) is 1. The largest absolute Gasteiger partial charge is 0.401 e. The van der Waals surface area contributed by atoms with E-state index < -0.39 is 0 Å². The molecule has 1 N–H and O–H groups in total. The standard InChI is InChI=1S/C6H7N4.Y/c1-4-3-6-8-7-5(2)10(6)9-4;/h8H,1-2H3;/q-1;. The molecular weight excluding hydrogens is 217 g/mol. The van der Waals surface area contributed by atoms with Crippen molar-refractivity contribution in [2.45, 2.75) is 13.8 Å². The Kier molecular flexibility index (Phi) is 2.45. The molecule has 0 atom stereocenters. The van der Waals surface area contributed by atoms with E-state index >= 15 is 0 Å². The summed E-state index contributed by atoms with van der Waals surface area (Å²) in [5.41, 5.74) is 1.71. The topological polar surface area (TPSA) is 46.0 Å². The third-order valence-corrected chi connectivity index (χ3v) is 1.39. The molecule has 0 fully saturated rings. The smallest absolute Gasteiger partial charge is 0.145 e. The third-order valence-electron chi connectivity index (χ3n) is 1.39. The van der Waals surface area contributed by atoms with E-state index in [1.54, 1.807) is 4.52 Å². The number of H-pyrrole nitrogens is 1. The molecule has 2 rings (SSSR count). The van der Waals surface area contributed by atoms with Crippen molar-refractivity contribution in [3.05, 3.63) is 17.6 Å². The fourth-order valence-electron chi connectivity index (χ4n) is 0.940. The van der Waals surface area contributed by atoms with E-state index in [4.69, 9.17) is 0 Å². The molecule has 0 unspecified atom stereocenters. The third kappa shape index (κ3) is 1.37. The summed E-state index contributed by atoms with van der Waals surface area (Å²) in [7, 11) is 0. The van der Waals surface area contributed by atoms with Gasteiger partial charge >= 0.3 is 0 Å². The molecule has 4 nitrogen and oxygen atoms in total. The van der Waals surface area contributed by atoms with Crippen molar-refractivity contribution in [3.8, 4) is 0 Å². The SMILES string of the molecule is Cc1[c-]c2[nH]nc(C)n2n1.[Y]. The van der Waals surface area contributed by atoms with Crippen LogP contribution in [0.2, 0.25) is 0 Å². The van der Waals surface area contributed by atoms with E-state index in [2.05, 4.69) is 21.4 Å². The normalized spacial score (nSPS) is 10.0. The monoisotopic (exact) mass is 224 g/mol. The zero-order valence-corrected chi connectivity index (χ0v) is 9.26. The molecule has 0 amide bonds. The van der Waals surface area contributed by atoms with Gasteiger partial charge in [-0.1, -0.05) is 6.92 Å². The molecule has 0 spiro atoms. The van der Waals surface area contributed by atoms with E-state index in [0.29, 0.717) is 0 Å². The van der Waals surface area contributed by atoms with Crippen LogP contribution >= 0.6 is 0 Å². The number of nitrogens with one attached hydrogen (secondary N) is 1. The van der Waals surface area contributed by atoms with Crippen LogP contribution in [0.15, 0.2) is 0 Å². The molecule has 2 aromatic rings. The quantitative estimate of drug-likeness (QED) is 0.661. The van der Waals surface area contributed by atoms with Crippen molar-refractivity contribution in [3.63, 3.8) is 0 Å². The van der Waals surface area contributed by atoms with E-state index in [0.717, 1.165) is 17.2 Å². The van der Waals surface area contributed by atoms with Gasteiger partial charge in [-0.2, -0.15) is 5.10 Å². The number of fused-ring (bicyclic) bond motifs is 1. The zero-order chi connectivity index (χ0) is 7.14. The number of nitrogens with zero attached hydrogens (tertiary/aromatic N) is 3. The first-order chi connectivity index (χ1) is 4.77. The summed E-state index contributed by atoms with van der Waals surface area (Å²) in [4.78, 5) is 0. The average Bonchev–Trinajstić information content (AvgIpc) is 2.35. The predicted octanol–water partition coefficient (Wildman–Crippen LogP) is 0.472. The summed E-state index contributed by atoms with van der Waals surface area (Å²) in [6, 6.07) is 3.01. The Labute approximate surface area is 89.2 Å². The van der Waals surface area contributed by atoms with Crippen molar-refractivity contribution < 1.29 is 32.7 Å². The van der Waals surface area contributed by atoms with Gasteiger partial charge in [0.2, 0.25) is 0 Å². The van der Waals surface area contributed by atoms with Crippen LogP contribution in [0.5, 0.6) is 0 Å². The van der Waals surface area contributed by atoms with Gasteiger partial charge in [0.1, 0.15) is 5.82 Å². The first kappa shape index (κ1) is 8.88. The molecule has 2 heterocycles. The Bertz CT molecular complexity index is 361. The van der Waals surface area contributed by atoms with Gasteiger partial charge in [-0.05, 0) is 12.6 Å². The number of aromatic amines is 1. The minimum absolute atomic E-state index is 0. The number of aromatic nitrogens is 4. The van der Waals surface area contributed by atoms with Crippen LogP contribution in [0.3, 0.4) is 0 Å². The maximum Gasteiger partial charge on any atom is 0.145 e. The Morgan fingerprint density at radius 1 is 1.45 bits per heavy atom. The van der Waals surface area contributed by atoms with Gasteiger partial charge in [-0.3, -0.25) is 5.10 Å². The molecule has 0 aromatic carbocycles. The maximum absolute atomic E-state index is 4.14. The minimum atomic E-state index is 0. The fraction of sp³-hybridized carbons (Fsp3) is 0.333. The van der Waals surface area contributed by atoms with Gasteiger partial charge in [0.15, 0.2) is 0 Å².